The maximum absolute atomic E-state index is 12.7. The summed E-state index contributed by atoms with van der Waals surface area (Å²) in [7, 11) is 1.68. The Morgan fingerprint density at radius 3 is 2.93 bits per heavy atom. The topological polar surface area (TPSA) is 91.5 Å². The lowest BCUT2D eigenvalue weighted by atomic mass is 9.83. The average molecular weight is 435 g/mol. The third kappa shape index (κ3) is 3.69. The number of fused-ring (bicyclic) bond motifs is 1. The highest BCUT2D eigenvalue weighted by atomic mass is 79.9. The smallest absolute Gasteiger partial charge is 0.264 e. The standard InChI is InChI=1S/C19H23BrN4O3/c1-13(5-3-4-9-24-12-15(8-10-25)21-22-24)19(27)16-11-14(20)6-7-17(16)23(2)18(19)26/h3,5-7,11-13,25,27H,4,8-10H2,1-2H3/b5-3+/t13-,19+/m1/s1. The highest BCUT2D eigenvalue weighted by molar-refractivity contribution is 9.10. The van der Waals surface area contributed by atoms with Gasteiger partial charge in [-0.05, 0) is 24.6 Å². The lowest BCUT2D eigenvalue weighted by Gasteiger charge is -2.27. The summed E-state index contributed by atoms with van der Waals surface area (Å²) < 4.78 is 2.54. The predicted octanol–water partition coefficient (Wildman–Crippen LogP) is 2.02. The van der Waals surface area contributed by atoms with Crippen LogP contribution in [0.1, 0.15) is 24.6 Å². The second kappa shape index (κ2) is 7.92. The van der Waals surface area contributed by atoms with Crippen LogP contribution in [0.3, 0.4) is 0 Å². The van der Waals surface area contributed by atoms with Gasteiger partial charge in [-0.25, -0.2) is 0 Å². The maximum Gasteiger partial charge on any atom is 0.264 e. The van der Waals surface area contributed by atoms with E-state index in [1.54, 1.807) is 17.8 Å². The van der Waals surface area contributed by atoms with Crippen LogP contribution in [0.2, 0.25) is 0 Å². The fraction of sp³-hybridized carbons (Fsp3) is 0.421. The molecule has 0 bridgehead atoms. The van der Waals surface area contributed by atoms with Gasteiger partial charge in [0.05, 0.1) is 11.4 Å². The first-order valence-corrected chi connectivity index (χ1v) is 9.64. The molecule has 0 saturated heterocycles. The van der Waals surface area contributed by atoms with Gasteiger partial charge in [-0.3, -0.25) is 9.48 Å². The van der Waals surface area contributed by atoms with E-state index in [1.165, 1.54) is 4.90 Å². The van der Waals surface area contributed by atoms with Crippen molar-refractivity contribution in [2.45, 2.75) is 31.9 Å². The lowest BCUT2D eigenvalue weighted by Crippen LogP contribution is -2.43. The SMILES string of the molecule is C[C@H](/C=C/CCn1cc(CCO)nn1)[C@@]1(O)C(=O)N(C)c2ccc(Br)cc21. The van der Waals surface area contributed by atoms with Crippen LogP contribution in [0.4, 0.5) is 5.69 Å². The molecule has 1 aliphatic heterocycles. The van der Waals surface area contributed by atoms with Crippen molar-refractivity contribution in [1.29, 1.82) is 0 Å². The van der Waals surface area contributed by atoms with Gasteiger partial charge in [-0.2, -0.15) is 0 Å². The van der Waals surface area contributed by atoms with Crippen molar-refractivity contribution in [3.05, 3.63) is 52.3 Å². The number of rotatable bonds is 7. The third-order valence-corrected chi connectivity index (χ3v) is 5.42. The number of likely N-dealkylation sites (N-methyl/N-ethyl adjacent to an activating group) is 1. The Bertz CT molecular complexity index is 866. The van der Waals surface area contributed by atoms with Gasteiger partial charge < -0.3 is 15.1 Å². The van der Waals surface area contributed by atoms with E-state index in [2.05, 4.69) is 26.2 Å². The minimum absolute atomic E-state index is 0.0504. The molecular weight excluding hydrogens is 412 g/mol. The van der Waals surface area contributed by atoms with Crippen molar-refractivity contribution < 1.29 is 15.0 Å². The first-order chi connectivity index (χ1) is 12.9. The van der Waals surface area contributed by atoms with E-state index >= 15 is 0 Å². The molecule has 0 spiro atoms. The molecule has 0 saturated carbocycles. The van der Waals surface area contributed by atoms with Crippen LogP contribution in [0.25, 0.3) is 0 Å². The Kier molecular flexibility index (Phi) is 5.78. The van der Waals surface area contributed by atoms with Crippen LogP contribution in [-0.4, -0.2) is 44.8 Å². The number of amides is 1. The van der Waals surface area contributed by atoms with E-state index in [0.717, 1.165) is 15.9 Å². The molecule has 0 unspecified atom stereocenters. The molecule has 0 radical (unpaired) electrons. The molecule has 27 heavy (non-hydrogen) atoms. The van der Waals surface area contributed by atoms with Crippen LogP contribution in [0, 0.1) is 5.92 Å². The Hall–Kier alpha value is -2.03. The summed E-state index contributed by atoms with van der Waals surface area (Å²) in [5.41, 5.74) is 0.522. The number of benzene rings is 1. The predicted molar refractivity (Wildman–Crippen MR) is 105 cm³/mol. The van der Waals surface area contributed by atoms with Crippen LogP contribution in [0.5, 0.6) is 0 Å². The van der Waals surface area contributed by atoms with Crippen molar-refractivity contribution >= 4 is 27.5 Å². The highest BCUT2D eigenvalue weighted by Crippen LogP contribution is 2.45. The molecule has 8 heteroatoms. The Morgan fingerprint density at radius 2 is 2.19 bits per heavy atom. The molecular formula is C19H23BrN4O3. The van der Waals surface area contributed by atoms with Gasteiger partial charge in [0.2, 0.25) is 0 Å². The minimum atomic E-state index is -1.58. The number of allylic oxidation sites excluding steroid dienone is 1. The Morgan fingerprint density at radius 1 is 1.41 bits per heavy atom. The monoisotopic (exact) mass is 434 g/mol. The number of aryl methyl sites for hydroxylation is 1. The second-order valence-corrected chi connectivity index (χ2v) is 7.66. The van der Waals surface area contributed by atoms with Crippen LogP contribution >= 0.6 is 15.9 Å². The summed E-state index contributed by atoms with van der Waals surface area (Å²) in [5, 5.41) is 28.1. The molecule has 1 aromatic carbocycles. The van der Waals surface area contributed by atoms with Crippen molar-refractivity contribution in [3.63, 3.8) is 0 Å². The molecule has 1 aliphatic rings. The van der Waals surface area contributed by atoms with Crippen molar-refractivity contribution in [2.24, 2.45) is 5.92 Å². The van der Waals surface area contributed by atoms with E-state index in [9.17, 15) is 9.90 Å². The van der Waals surface area contributed by atoms with E-state index in [1.807, 2.05) is 37.4 Å². The summed E-state index contributed by atoms with van der Waals surface area (Å²) in [6, 6.07) is 5.50. The number of carbonyl (C=O) groups is 1. The molecule has 2 heterocycles. The number of aliphatic hydroxyl groups excluding tert-OH is 1. The fourth-order valence-electron chi connectivity index (χ4n) is 3.35. The Labute approximate surface area is 166 Å². The summed E-state index contributed by atoms with van der Waals surface area (Å²) in [6.07, 6.45) is 6.80. The number of hydrogen-bond donors (Lipinski definition) is 2. The van der Waals surface area contributed by atoms with Gasteiger partial charge in [-0.1, -0.05) is 40.2 Å². The van der Waals surface area contributed by atoms with Crippen molar-refractivity contribution in [1.82, 2.24) is 15.0 Å². The van der Waals surface area contributed by atoms with Gasteiger partial charge >= 0.3 is 0 Å². The first kappa shape index (κ1) is 19.7. The lowest BCUT2D eigenvalue weighted by molar-refractivity contribution is -0.139. The normalized spacial score (nSPS) is 20.5. The van der Waals surface area contributed by atoms with Crippen LogP contribution < -0.4 is 4.90 Å². The number of aliphatic hydroxyl groups is 2. The summed E-state index contributed by atoms with van der Waals surface area (Å²) in [4.78, 5) is 14.2. The molecule has 2 atom stereocenters. The zero-order valence-corrected chi connectivity index (χ0v) is 16.9. The zero-order chi connectivity index (χ0) is 19.6. The van der Waals surface area contributed by atoms with Gasteiger partial charge in [-0.15, -0.1) is 5.10 Å². The maximum atomic E-state index is 12.7. The second-order valence-electron chi connectivity index (χ2n) is 6.74. The summed E-state index contributed by atoms with van der Waals surface area (Å²) in [5.74, 6) is -0.707. The molecule has 1 aromatic heterocycles. The minimum Gasteiger partial charge on any atom is -0.396 e. The van der Waals surface area contributed by atoms with Crippen molar-refractivity contribution in [3.8, 4) is 0 Å². The van der Waals surface area contributed by atoms with Gasteiger partial charge in [0.15, 0.2) is 5.60 Å². The number of nitrogens with zero attached hydrogens (tertiary/aromatic N) is 4. The molecule has 144 valence electrons. The number of carbonyl (C=O) groups excluding carboxylic acids is 1. The van der Waals surface area contributed by atoms with Crippen LogP contribution in [0.15, 0.2) is 41.0 Å². The largest absolute Gasteiger partial charge is 0.396 e. The third-order valence-electron chi connectivity index (χ3n) is 4.92. The molecule has 3 rings (SSSR count). The van der Waals surface area contributed by atoms with Gasteiger partial charge in [0.25, 0.3) is 5.91 Å². The van der Waals surface area contributed by atoms with Crippen molar-refractivity contribution in [2.75, 3.05) is 18.6 Å². The molecule has 0 fully saturated rings. The number of hydrogen-bond acceptors (Lipinski definition) is 5. The molecule has 7 nitrogen and oxygen atoms in total. The Balaban J connectivity index is 1.69. The van der Waals surface area contributed by atoms with E-state index < -0.39 is 5.60 Å². The van der Waals surface area contributed by atoms with E-state index in [4.69, 9.17) is 5.11 Å². The fourth-order valence-corrected chi connectivity index (χ4v) is 3.71. The number of anilines is 1. The zero-order valence-electron chi connectivity index (χ0n) is 15.3. The molecule has 0 aliphatic carbocycles. The summed E-state index contributed by atoms with van der Waals surface area (Å²) >= 11 is 3.42. The van der Waals surface area contributed by atoms with Crippen LogP contribution in [-0.2, 0) is 23.4 Å². The number of aromatic nitrogens is 3. The van der Waals surface area contributed by atoms with E-state index in [-0.39, 0.29) is 18.4 Å². The highest BCUT2D eigenvalue weighted by Gasteiger charge is 2.51. The molecule has 2 aromatic rings. The van der Waals surface area contributed by atoms with Gasteiger partial charge in [0.1, 0.15) is 0 Å². The average Bonchev–Trinajstić information content (AvgIpc) is 3.17. The van der Waals surface area contributed by atoms with Gasteiger partial charge in [0, 0.05) is 48.8 Å². The quantitative estimate of drug-likeness (QED) is 0.650. The number of halogens is 1. The molecule has 1 amide bonds. The van der Waals surface area contributed by atoms with E-state index in [0.29, 0.717) is 24.9 Å². The summed E-state index contributed by atoms with van der Waals surface area (Å²) in [6.45, 7) is 2.53. The first-order valence-electron chi connectivity index (χ1n) is 8.85. The molecule has 2 N–H and O–H groups in total.